The Labute approximate surface area is 113 Å². The van der Waals surface area contributed by atoms with Gasteiger partial charge in [-0.05, 0) is 37.1 Å². The minimum atomic E-state index is -0.775. The molecule has 0 fully saturated rings. The predicted octanol–water partition coefficient (Wildman–Crippen LogP) is 3.00. The predicted molar refractivity (Wildman–Crippen MR) is 75.9 cm³/mol. The third-order valence-electron chi connectivity index (χ3n) is 2.44. The summed E-state index contributed by atoms with van der Waals surface area (Å²) in [4.78, 5) is 11.8. The number of nitrogens with one attached hydrogen (secondary N) is 1. The highest BCUT2D eigenvalue weighted by Gasteiger charge is 2.12. The molecule has 0 saturated carbocycles. The van der Waals surface area contributed by atoms with Gasteiger partial charge in [0.2, 0.25) is 0 Å². The standard InChI is InChI=1S/C14H21NO2S/c1-10(2)8-15-9-12-5-4-6-13(7-12)18-11(3)14(16)17/h4-7,10-11,15H,8-9H2,1-3H3,(H,16,17). The molecule has 4 heteroatoms. The first kappa shape index (κ1) is 15.1. The molecule has 18 heavy (non-hydrogen) atoms. The lowest BCUT2D eigenvalue weighted by molar-refractivity contribution is -0.136. The van der Waals surface area contributed by atoms with Gasteiger partial charge in [-0.15, -0.1) is 11.8 Å². The van der Waals surface area contributed by atoms with Gasteiger partial charge in [0.1, 0.15) is 5.25 Å². The molecule has 1 aromatic rings. The number of aliphatic carboxylic acids is 1. The van der Waals surface area contributed by atoms with Crippen LogP contribution in [-0.4, -0.2) is 22.9 Å². The van der Waals surface area contributed by atoms with Crippen molar-refractivity contribution in [3.8, 4) is 0 Å². The SMILES string of the molecule is CC(C)CNCc1cccc(SC(C)C(=O)O)c1. The number of benzene rings is 1. The van der Waals surface area contributed by atoms with E-state index >= 15 is 0 Å². The van der Waals surface area contributed by atoms with E-state index in [4.69, 9.17) is 5.11 Å². The monoisotopic (exact) mass is 267 g/mol. The summed E-state index contributed by atoms with van der Waals surface area (Å²) >= 11 is 1.38. The molecule has 0 radical (unpaired) electrons. The molecule has 0 amide bonds. The van der Waals surface area contributed by atoms with Crippen LogP contribution >= 0.6 is 11.8 Å². The number of carbonyl (C=O) groups is 1. The van der Waals surface area contributed by atoms with Crippen LogP contribution in [0.15, 0.2) is 29.2 Å². The lowest BCUT2D eigenvalue weighted by Crippen LogP contribution is -2.18. The summed E-state index contributed by atoms with van der Waals surface area (Å²) in [5.74, 6) is -0.141. The maximum absolute atomic E-state index is 10.8. The van der Waals surface area contributed by atoms with Gasteiger partial charge in [-0.25, -0.2) is 0 Å². The first-order chi connectivity index (χ1) is 8.49. The average molecular weight is 267 g/mol. The fourth-order valence-electron chi connectivity index (χ4n) is 1.49. The second-order valence-electron chi connectivity index (χ2n) is 4.77. The maximum atomic E-state index is 10.8. The van der Waals surface area contributed by atoms with Crippen molar-refractivity contribution in [2.75, 3.05) is 6.54 Å². The van der Waals surface area contributed by atoms with E-state index in [1.807, 2.05) is 12.1 Å². The summed E-state index contributed by atoms with van der Waals surface area (Å²) in [6.45, 7) is 7.87. The third kappa shape index (κ3) is 5.56. The van der Waals surface area contributed by atoms with Crippen LogP contribution in [0, 0.1) is 5.92 Å². The molecule has 1 rings (SSSR count). The number of carboxylic acids is 1. The fourth-order valence-corrected chi connectivity index (χ4v) is 2.37. The van der Waals surface area contributed by atoms with Crippen molar-refractivity contribution in [3.05, 3.63) is 29.8 Å². The van der Waals surface area contributed by atoms with E-state index in [-0.39, 0.29) is 0 Å². The zero-order chi connectivity index (χ0) is 13.5. The summed E-state index contributed by atoms with van der Waals surface area (Å²) in [6, 6.07) is 8.04. The molecule has 0 heterocycles. The minimum Gasteiger partial charge on any atom is -0.480 e. The summed E-state index contributed by atoms with van der Waals surface area (Å²) in [5, 5.41) is 11.8. The number of rotatable bonds is 7. The summed E-state index contributed by atoms with van der Waals surface area (Å²) in [6.07, 6.45) is 0. The van der Waals surface area contributed by atoms with Gasteiger partial charge in [-0.3, -0.25) is 4.79 Å². The zero-order valence-corrected chi connectivity index (χ0v) is 12.0. The Morgan fingerprint density at radius 2 is 2.11 bits per heavy atom. The summed E-state index contributed by atoms with van der Waals surface area (Å²) in [5.41, 5.74) is 1.19. The van der Waals surface area contributed by atoms with Crippen molar-refractivity contribution in [2.45, 2.75) is 37.5 Å². The van der Waals surface area contributed by atoms with Gasteiger partial charge < -0.3 is 10.4 Å². The van der Waals surface area contributed by atoms with Crippen LogP contribution in [0.3, 0.4) is 0 Å². The molecule has 1 atom stereocenters. The van der Waals surface area contributed by atoms with Gasteiger partial charge >= 0.3 is 5.97 Å². The van der Waals surface area contributed by atoms with Crippen LogP contribution in [0.5, 0.6) is 0 Å². The van der Waals surface area contributed by atoms with Crippen molar-refractivity contribution in [1.29, 1.82) is 0 Å². The van der Waals surface area contributed by atoms with Gasteiger partial charge in [0.25, 0.3) is 0 Å². The molecule has 0 spiro atoms. The molecule has 0 saturated heterocycles. The van der Waals surface area contributed by atoms with Crippen molar-refractivity contribution >= 4 is 17.7 Å². The first-order valence-electron chi connectivity index (χ1n) is 6.18. The van der Waals surface area contributed by atoms with Crippen molar-refractivity contribution in [3.63, 3.8) is 0 Å². The number of hydrogen-bond acceptors (Lipinski definition) is 3. The Morgan fingerprint density at radius 1 is 1.39 bits per heavy atom. The Balaban J connectivity index is 2.54. The van der Waals surface area contributed by atoms with Gasteiger partial charge in [0.15, 0.2) is 0 Å². The summed E-state index contributed by atoms with van der Waals surface area (Å²) < 4.78 is 0. The second-order valence-corrected chi connectivity index (χ2v) is 6.18. The van der Waals surface area contributed by atoms with Crippen LogP contribution in [0.25, 0.3) is 0 Å². The minimum absolute atomic E-state index is 0.413. The quantitative estimate of drug-likeness (QED) is 0.746. The van der Waals surface area contributed by atoms with Crippen LogP contribution in [-0.2, 0) is 11.3 Å². The Hall–Kier alpha value is -1.00. The van der Waals surface area contributed by atoms with E-state index in [0.29, 0.717) is 5.92 Å². The lowest BCUT2D eigenvalue weighted by Gasteiger charge is -2.10. The molecule has 1 aromatic carbocycles. The number of thioether (sulfide) groups is 1. The normalized spacial score (nSPS) is 12.7. The molecule has 1 unspecified atom stereocenters. The van der Waals surface area contributed by atoms with Crippen molar-refractivity contribution in [2.24, 2.45) is 5.92 Å². The molecule has 100 valence electrons. The highest BCUT2D eigenvalue weighted by atomic mass is 32.2. The van der Waals surface area contributed by atoms with Crippen LogP contribution < -0.4 is 5.32 Å². The molecular weight excluding hydrogens is 246 g/mol. The lowest BCUT2D eigenvalue weighted by atomic mass is 10.2. The van der Waals surface area contributed by atoms with Gasteiger partial charge in [-0.2, -0.15) is 0 Å². The van der Waals surface area contributed by atoms with E-state index < -0.39 is 11.2 Å². The van der Waals surface area contributed by atoms with E-state index in [1.165, 1.54) is 17.3 Å². The number of carboxylic acid groups (broad SMARTS) is 1. The molecule has 0 bridgehead atoms. The van der Waals surface area contributed by atoms with E-state index in [2.05, 4.69) is 31.3 Å². The Bertz CT molecular complexity index is 393. The number of hydrogen-bond donors (Lipinski definition) is 2. The second kappa shape index (κ2) is 7.44. The summed E-state index contributed by atoms with van der Waals surface area (Å²) in [7, 11) is 0. The van der Waals surface area contributed by atoms with Crippen LogP contribution in [0.1, 0.15) is 26.3 Å². The highest BCUT2D eigenvalue weighted by Crippen LogP contribution is 2.24. The average Bonchev–Trinajstić information content (AvgIpc) is 2.28. The largest absolute Gasteiger partial charge is 0.480 e. The Morgan fingerprint density at radius 3 is 2.72 bits per heavy atom. The third-order valence-corrected chi connectivity index (χ3v) is 3.52. The van der Waals surface area contributed by atoms with Crippen LogP contribution in [0.4, 0.5) is 0 Å². The fraction of sp³-hybridized carbons (Fsp3) is 0.500. The molecule has 0 aromatic heterocycles. The van der Waals surface area contributed by atoms with Crippen molar-refractivity contribution in [1.82, 2.24) is 5.32 Å². The van der Waals surface area contributed by atoms with Crippen molar-refractivity contribution < 1.29 is 9.90 Å². The van der Waals surface area contributed by atoms with E-state index in [9.17, 15) is 4.79 Å². The molecule has 0 aliphatic rings. The van der Waals surface area contributed by atoms with E-state index in [0.717, 1.165) is 18.0 Å². The van der Waals surface area contributed by atoms with Crippen LogP contribution in [0.2, 0.25) is 0 Å². The smallest absolute Gasteiger partial charge is 0.316 e. The Kier molecular flexibility index (Phi) is 6.22. The molecule has 0 aliphatic heterocycles. The molecule has 3 nitrogen and oxygen atoms in total. The van der Waals surface area contributed by atoms with Gasteiger partial charge in [0.05, 0.1) is 0 Å². The van der Waals surface area contributed by atoms with E-state index in [1.54, 1.807) is 6.92 Å². The zero-order valence-electron chi connectivity index (χ0n) is 11.1. The van der Waals surface area contributed by atoms with Gasteiger partial charge in [-0.1, -0.05) is 26.0 Å². The molecule has 2 N–H and O–H groups in total. The van der Waals surface area contributed by atoms with Gasteiger partial charge in [0, 0.05) is 11.4 Å². The highest BCUT2D eigenvalue weighted by molar-refractivity contribution is 8.00. The molecule has 0 aliphatic carbocycles. The topological polar surface area (TPSA) is 49.3 Å². The first-order valence-corrected chi connectivity index (χ1v) is 7.06. The molecular formula is C14H21NO2S. The maximum Gasteiger partial charge on any atom is 0.316 e.